The van der Waals surface area contributed by atoms with Crippen molar-refractivity contribution in [2.45, 2.75) is 4.90 Å². The maximum atomic E-state index is 12.4. The molecule has 2 rings (SSSR count). The minimum atomic E-state index is -0.561. The first-order chi connectivity index (χ1) is 10.4. The third-order valence-electron chi connectivity index (χ3n) is 2.82. The van der Waals surface area contributed by atoms with Gasteiger partial charge in [0, 0.05) is 19.9 Å². The zero-order chi connectivity index (χ0) is 16.3. The molecule has 2 aromatic carbocycles. The molecule has 0 bridgehead atoms. The van der Waals surface area contributed by atoms with Crippen molar-refractivity contribution in [3.8, 4) is 0 Å². The number of anilines is 1. The van der Waals surface area contributed by atoms with Gasteiger partial charge in [-0.05, 0) is 52.5 Å². The number of hydrogen-bond acceptors (Lipinski definition) is 4. The second-order valence-corrected chi connectivity index (χ2v) is 6.87. The van der Waals surface area contributed by atoms with Crippen LogP contribution < -0.4 is 5.32 Å². The first-order valence-electron chi connectivity index (χ1n) is 6.01. The number of rotatable bonds is 4. The quantitative estimate of drug-likeness (QED) is 0.404. The predicted octanol–water partition coefficient (Wildman–Crippen LogP) is 5.09. The van der Waals surface area contributed by atoms with Crippen LogP contribution in [0.4, 0.5) is 11.4 Å². The van der Waals surface area contributed by atoms with Crippen molar-refractivity contribution in [1.82, 2.24) is 0 Å². The maximum absolute atomic E-state index is 12.4. The van der Waals surface area contributed by atoms with Gasteiger partial charge >= 0.3 is 0 Å². The summed E-state index contributed by atoms with van der Waals surface area (Å²) in [6, 6.07) is 9.78. The Morgan fingerprint density at radius 2 is 1.95 bits per heavy atom. The molecular weight excluding hydrogens is 436 g/mol. The number of nitrogens with zero attached hydrogens (tertiary/aromatic N) is 1. The Hall–Kier alpha value is -1.38. The molecule has 0 saturated carbocycles. The van der Waals surface area contributed by atoms with Crippen molar-refractivity contribution in [3.05, 3.63) is 61.0 Å². The van der Waals surface area contributed by atoms with Crippen LogP contribution in [0.5, 0.6) is 0 Å². The lowest BCUT2D eigenvalue weighted by Gasteiger charge is -2.09. The van der Waals surface area contributed by atoms with Crippen LogP contribution in [0.25, 0.3) is 0 Å². The summed E-state index contributed by atoms with van der Waals surface area (Å²) in [4.78, 5) is 23.7. The summed E-state index contributed by atoms with van der Waals surface area (Å²) < 4.78 is 1.48. The molecule has 0 aliphatic carbocycles. The summed E-state index contributed by atoms with van der Waals surface area (Å²) in [5.74, 6) is -0.526. The summed E-state index contributed by atoms with van der Waals surface area (Å²) in [5.41, 5.74) is 0.341. The fourth-order valence-corrected chi connectivity index (χ4v) is 2.91. The fourth-order valence-electron chi connectivity index (χ4n) is 1.77. The number of carbonyl (C=O) groups is 1. The molecule has 114 valence electrons. The average Bonchev–Trinajstić information content (AvgIpc) is 2.50. The van der Waals surface area contributed by atoms with E-state index in [1.165, 1.54) is 23.9 Å². The molecule has 2 aromatic rings. The topological polar surface area (TPSA) is 72.2 Å². The number of carbonyl (C=O) groups excluding carboxylic acids is 1. The zero-order valence-electron chi connectivity index (χ0n) is 11.3. The molecule has 0 spiro atoms. The van der Waals surface area contributed by atoms with Crippen LogP contribution in [0.15, 0.2) is 50.2 Å². The Bertz CT molecular complexity index is 753. The number of nitro benzene ring substituents is 1. The van der Waals surface area contributed by atoms with Gasteiger partial charge in [-0.2, -0.15) is 0 Å². The number of hydrogen-bond donors (Lipinski definition) is 1. The molecule has 1 amide bonds. The van der Waals surface area contributed by atoms with Crippen LogP contribution in [0, 0.1) is 10.1 Å². The molecule has 0 radical (unpaired) electrons. The van der Waals surface area contributed by atoms with Crippen LogP contribution in [0.2, 0.25) is 0 Å². The predicted molar refractivity (Wildman–Crippen MR) is 94.7 cm³/mol. The van der Waals surface area contributed by atoms with Crippen molar-refractivity contribution in [1.29, 1.82) is 0 Å². The van der Waals surface area contributed by atoms with E-state index in [0.29, 0.717) is 10.2 Å². The van der Waals surface area contributed by atoms with Crippen LogP contribution in [0.3, 0.4) is 0 Å². The minimum absolute atomic E-state index is 0.0312. The van der Waals surface area contributed by atoms with Crippen LogP contribution >= 0.6 is 43.6 Å². The summed E-state index contributed by atoms with van der Waals surface area (Å²) >= 11 is 8.07. The highest BCUT2D eigenvalue weighted by molar-refractivity contribution is 9.11. The number of nitro groups is 1. The van der Waals surface area contributed by atoms with Crippen molar-refractivity contribution < 1.29 is 9.72 Å². The van der Waals surface area contributed by atoms with Gasteiger partial charge in [0.05, 0.1) is 10.6 Å². The van der Waals surface area contributed by atoms with Crippen LogP contribution in [-0.2, 0) is 0 Å². The average molecular weight is 446 g/mol. The molecule has 0 atom stereocenters. The van der Waals surface area contributed by atoms with E-state index < -0.39 is 10.8 Å². The molecular formula is C14H10Br2N2O3S. The molecule has 22 heavy (non-hydrogen) atoms. The fraction of sp³-hybridized carbons (Fsp3) is 0.0714. The van der Waals surface area contributed by atoms with Crippen molar-refractivity contribution in [2.24, 2.45) is 0 Å². The van der Waals surface area contributed by atoms with Gasteiger partial charge < -0.3 is 5.32 Å². The van der Waals surface area contributed by atoms with Gasteiger partial charge in [-0.1, -0.05) is 15.9 Å². The normalized spacial score (nSPS) is 10.3. The smallest absolute Gasteiger partial charge is 0.282 e. The second-order valence-electron chi connectivity index (χ2n) is 4.22. The Balaban J connectivity index is 2.40. The highest BCUT2D eigenvalue weighted by atomic mass is 79.9. The first kappa shape index (κ1) is 17.0. The highest BCUT2D eigenvalue weighted by Gasteiger charge is 2.21. The Labute approximate surface area is 147 Å². The molecule has 0 aliphatic rings. The lowest BCUT2D eigenvalue weighted by Crippen LogP contribution is -2.14. The summed E-state index contributed by atoms with van der Waals surface area (Å²) in [6.45, 7) is 0. The molecule has 0 fully saturated rings. The van der Waals surface area contributed by atoms with E-state index in [4.69, 9.17) is 0 Å². The standard InChI is InChI=1S/C14H10Br2N2O3S/c1-22-9-3-5-13(18(20)21)10(7-9)14(19)17-12-6-8(15)2-4-11(12)16/h2-7H,1H3,(H,17,19). The molecule has 8 heteroatoms. The molecule has 5 nitrogen and oxygen atoms in total. The van der Waals surface area contributed by atoms with Crippen molar-refractivity contribution in [3.63, 3.8) is 0 Å². The van der Waals surface area contributed by atoms with Gasteiger partial charge in [-0.3, -0.25) is 14.9 Å². The molecule has 0 unspecified atom stereocenters. The molecule has 1 N–H and O–H groups in total. The van der Waals surface area contributed by atoms with Crippen LogP contribution in [0.1, 0.15) is 10.4 Å². The Morgan fingerprint density at radius 3 is 2.59 bits per heavy atom. The van der Waals surface area contributed by atoms with Gasteiger partial charge in [0.1, 0.15) is 5.56 Å². The van der Waals surface area contributed by atoms with E-state index in [2.05, 4.69) is 37.2 Å². The molecule has 0 aromatic heterocycles. The van der Waals surface area contributed by atoms with Crippen molar-refractivity contribution >= 4 is 60.9 Å². The van der Waals surface area contributed by atoms with E-state index in [0.717, 1.165) is 9.37 Å². The lowest BCUT2D eigenvalue weighted by molar-refractivity contribution is -0.385. The van der Waals surface area contributed by atoms with Gasteiger partial charge in [-0.25, -0.2) is 0 Å². The molecule has 0 aliphatic heterocycles. The van der Waals surface area contributed by atoms with E-state index in [1.807, 2.05) is 12.3 Å². The number of benzene rings is 2. The van der Waals surface area contributed by atoms with E-state index >= 15 is 0 Å². The van der Waals surface area contributed by atoms with E-state index in [1.54, 1.807) is 18.2 Å². The summed E-state index contributed by atoms with van der Waals surface area (Å²) in [7, 11) is 0. The van der Waals surface area contributed by atoms with Gasteiger partial charge in [-0.15, -0.1) is 11.8 Å². The number of thioether (sulfide) groups is 1. The van der Waals surface area contributed by atoms with E-state index in [9.17, 15) is 14.9 Å². The van der Waals surface area contributed by atoms with Gasteiger partial charge in [0.15, 0.2) is 0 Å². The third kappa shape index (κ3) is 3.88. The van der Waals surface area contributed by atoms with Gasteiger partial charge in [0.25, 0.3) is 11.6 Å². The van der Waals surface area contributed by atoms with Crippen molar-refractivity contribution in [2.75, 3.05) is 11.6 Å². The first-order valence-corrected chi connectivity index (χ1v) is 8.82. The minimum Gasteiger partial charge on any atom is -0.321 e. The summed E-state index contributed by atoms with van der Waals surface area (Å²) in [5, 5.41) is 13.8. The van der Waals surface area contributed by atoms with Gasteiger partial charge in [0.2, 0.25) is 0 Å². The molecule has 0 heterocycles. The summed E-state index contributed by atoms with van der Waals surface area (Å²) in [6.07, 6.45) is 1.84. The molecule has 0 saturated heterocycles. The second kappa shape index (κ2) is 7.26. The Morgan fingerprint density at radius 1 is 1.23 bits per heavy atom. The lowest BCUT2D eigenvalue weighted by atomic mass is 10.1. The third-order valence-corrected chi connectivity index (χ3v) is 4.73. The number of amides is 1. The Kier molecular flexibility index (Phi) is 5.60. The van der Waals surface area contributed by atoms with E-state index in [-0.39, 0.29) is 11.3 Å². The number of halogens is 2. The monoisotopic (exact) mass is 444 g/mol. The zero-order valence-corrected chi connectivity index (χ0v) is 15.3. The van der Waals surface area contributed by atoms with Crippen LogP contribution in [-0.4, -0.2) is 17.1 Å². The SMILES string of the molecule is CSc1ccc([N+](=O)[O-])c(C(=O)Nc2cc(Br)ccc2Br)c1. The number of nitrogens with one attached hydrogen (secondary N) is 1. The largest absolute Gasteiger partial charge is 0.321 e. The maximum Gasteiger partial charge on any atom is 0.282 e. The highest BCUT2D eigenvalue weighted by Crippen LogP contribution is 2.29.